The van der Waals surface area contributed by atoms with Gasteiger partial charge in [-0.05, 0) is 0 Å². The first-order valence-electron chi connectivity index (χ1n) is 6.04. The first-order chi connectivity index (χ1) is 10.1. The maximum Gasteiger partial charge on any atom is 0.292 e. The minimum atomic E-state index is -0.598. The van der Waals surface area contributed by atoms with Gasteiger partial charge in [-0.25, -0.2) is 0 Å². The van der Waals surface area contributed by atoms with E-state index in [4.69, 9.17) is 0 Å². The zero-order valence-corrected chi connectivity index (χ0v) is 11.5. The van der Waals surface area contributed by atoms with Crippen LogP contribution in [0.5, 0.6) is 0 Å². The summed E-state index contributed by atoms with van der Waals surface area (Å²) in [5.74, 6) is 0.753. The molecule has 21 heavy (non-hydrogen) atoms. The lowest BCUT2D eigenvalue weighted by molar-refractivity contribution is -0.384. The number of benzene rings is 1. The van der Waals surface area contributed by atoms with E-state index in [9.17, 15) is 20.2 Å². The SMILES string of the molecule is N#Cc1c(-c2cccc([N+](=O)[O-])c2)n2c(nc1=O)SCC2. The fourth-order valence-corrected chi connectivity index (χ4v) is 3.19. The van der Waals surface area contributed by atoms with Crippen LogP contribution in [-0.4, -0.2) is 20.2 Å². The Bertz CT molecular complexity index is 853. The largest absolute Gasteiger partial charge is 0.318 e. The fourth-order valence-electron chi connectivity index (χ4n) is 2.25. The van der Waals surface area contributed by atoms with Crippen molar-refractivity contribution in [1.82, 2.24) is 9.55 Å². The summed E-state index contributed by atoms with van der Waals surface area (Å²) in [5.41, 5.74) is 0.118. The highest BCUT2D eigenvalue weighted by Gasteiger charge is 2.23. The van der Waals surface area contributed by atoms with Gasteiger partial charge in [0.2, 0.25) is 0 Å². The molecule has 0 saturated carbocycles. The fraction of sp³-hybridized carbons (Fsp3) is 0.154. The van der Waals surface area contributed by atoms with E-state index in [0.717, 1.165) is 5.75 Å². The van der Waals surface area contributed by atoms with Gasteiger partial charge in [0.1, 0.15) is 11.6 Å². The smallest absolute Gasteiger partial charge is 0.292 e. The van der Waals surface area contributed by atoms with E-state index in [1.54, 1.807) is 10.6 Å². The molecule has 7 nitrogen and oxygen atoms in total. The number of thioether (sulfide) groups is 1. The number of non-ortho nitro benzene ring substituents is 1. The van der Waals surface area contributed by atoms with Gasteiger partial charge in [0, 0.05) is 30.0 Å². The monoisotopic (exact) mass is 300 g/mol. The highest BCUT2D eigenvalue weighted by atomic mass is 32.2. The molecule has 0 bridgehead atoms. The lowest BCUT2D eigenvalue weighted by atomic mass is 10.1. The number of nitrogens with zero attached hydrogens (tertiary/aromatic N) is 4. The summed E-state index contributed by atoms with van der Waals surface area (Å²) in [6.45, 7) is 0.611. The second-order valence-corrected chi connectivity index (χ2v) is 5.40. The predicted octanol–water partition coefficient (Wildman–Crippen LogP) is 1.80. The third-order valence-corrected chi connectivity index (χ3v) is 4.09. The number of nitro groups is 1. The van der Waals surface area contributed by atoms with Crippen LogP contribution in [0.3, 0.4) is 0 Å². The summed E-state index contributed by atoms with van der Waals surface area (Å²) >= 11 is 1.43. The number of aromatic nitrogens is 2. The molecule has 0 unspecified atom stereocenters. The second-order valence-electron chi connectivity index (χ2n) is 4.34. The van der Waals surface area contributed by atoms with Crippen molar-refractivity contribution >= 4 is 17.4 Å². The van der Waals surface area contributed by atoms with E-state index < -0.39 is 10.5 Å². The Hall–Kier alpha value is -2.66. The molecule has 1 aromatic heterocycles. The van der Waals surface area contributed by atoms with Gasteiger partial charge in [-0.1, -0.05) is 23.9 Å². The Labute approximate surface area is 123 Å². The average Bonchev–Trinajstić information content (AvgIpc) is 2.93. The molecule has 0 N–H and O–H groups in total. The predicted molar refractivity (Wildman–Crippen MR) is 76.0 cm³/mol. The molecule has 1 aliphatic rings. The summed E-state index contributed by atoms with van der Waals surface area (Å²) in [6, 6.07) is 7.79. The topological polar surface area (TPSA) is 102 Å². The van der Waals surface area contributed by atoms with Crippen molar-refractivity contribution in [2.45, 2.75) is 11.7 Å². The van der Waals surface area contributed by atoms with Crippen molar-refractivity contribution in [3.05, 3.63) is 50.3 Å². The van der Waals surface area contributed by atoms with E-state index in [1.807, 2.05) is 6.07 Å². The van der Waals surface area contributed by atoms with Crippen molar-refractivity contribution in [3.8, 4) is 17.3 Å². The van der Waals surface area contributed by atoms with E-state index >= 15 is 0 Å². The molecule has 0 atom stereocenters. The van der Waals surface area contributed by atoms with E-state index in [0.29, 0.717) is 23.0 Å². The van der Waals surface area contributed by atoms with Crippen LogP contribution in [0.4, 0.5) is 5.69 Å². The molecule has 1 aliphatic heterocycles. The molecule has 2 heterocycles. The van der Waals surface area contributed by atoms with Crippen LogP contribution in [0.2, 0.25) is 0 Å². The maximum absolute atomic E-state index is 11.9. The summed E-state index contributed by atoms with van der Waals surface area (Å²) in [7, 11) is 0. The van der Waals surface area contributed by atoms with Crippen LogP contribution < -0.4 is 5.56 Å². The molecule has 0 radical (unpaired) electrons. The van der Waals surface area contributed by atoms with E-state index in [-0.39, 0.29) is 11.3 Å². The first-order valence-corrected chi connectivity index (χ1v) is 7.03. The highest BCUT2D eigenvalue weighted by molar-refractivity contribution is 7.99. The lowest BCUT2D eigenvalue weighted by Crippen LogP contribution is -2.18. The average molecular weight is 300 g/mol. The van der Waals surface area contributed by atoms with Gasteiger partial charge in [0.05, 0.1) is 10.6 Å². The van der Waals surface area contributed by atoms with Crippen LogP contribution in [0.25, 0.3) is 11.3 Å². The molecule has 2 aromatic rings. The van der Waals surface area contributed by atoms with Gasteiger partial charge >= 0.3 is 0 Å². The van der Waals surface area contributed by atoms with Gasteiger partial charge in [0.25, 0.3) is 11.2 Å². The number of fused-ring (bicyclic) bond motifs is 1. The number of rotatable bonds is 2. The number of hydrogen-bond acceptors (Lipinski definition) is 6. The molecule has 0 aliphatic carbocycles. The Balaban J connectivity index is 2.32. The van der Waals surface area contributed by atoms with Gasteiger partial charge in [-0.2, -0.15) is 10.2 Å². The van der Waals surface area contributed by atoms with E-state index in [2.05, 4.69) is 4.98 Å². The van der Waals surface area contributed by atoms with Crippen molar-refractivity contribution in [3.63, 3.8) is 0 Å². The van der Waals surface area contributed by atoms with Crippen LogP contribution in [-0.2, 0) is 6.54 Å². The quantitative estimate of drug-likeness (QED) is 0.476. The first kappa shape index (κ1) is 13.3. The molecule has 0 amide bonds. The van der Waals surface area contributed by atoms with Crippen molar-refractivity contribution in [2.75, 3.05) is 5.75 Å². The zero-order valence-electron chi connectivity index (χ0n) is 10.6. The number of nitriles is 1. The lowest BCUT2D eigenvalue weighted by Gasteiger charge is -2.12. The third-order valence-electron chi connectivity index (χ3n) is 3.14. The number of hydrogen-bond donors (Lipinski definition) is 0. The standard InChI is InChI=1S/C13H8N4O3S/c14-7-10-11(8-2-1-3-9(6-8)17(19)20)16-4-5-21-13(16)15-12(10)18/h1-3,6H,4-5H2. The van der Waals surface area contributed by atoms with Gasteiger partial charge in [-0.15, -0.1) is 0 Å². The summed E-state index contributed by atoms with van der Waals surface area (Å²) in [4.78, 5) is 26.2. The third kappa shape index (κ3) is 2.17. The number of nitro benzene ring substituents is 1. The normalized spacial score (nSPS) is 12.7. The molecule has 8 heteroatoms. The van der Waals surface area contributed by atoms with Crippen LogP contribution >= 0.6 is 11.8 Å². The molecular formula is C13H8N4O3S. The minimum absolute atomic E-state index is 0.0817. The Morgan fingerprint density at radius 3 is 3.00 bits per heavy atom. The zero-order chi connectivity index (χ0) is 15.0. The summed E-state index contributed by atoms with van der Waals surface area (Å²) < 4.78 is 1.77. The summed E-state index contributed by atoms with van der Waals surface area (Å²) in [5, 5.41) is 20.7. The minimum Gasteiger partial charge on any atom is -0.318 e. The van der Waals surface area contributed by atoms with Crippen molar-refractivity contribution < 1.29 is 4.92 Å². The van der Waals surface area contributed by atoms with Crippen molar-refractivity contribution in [1.29, 1.82) is 5.26 Å². The maximum atomic E-state index is 11.9. The molecule has 3 rings (SSSR count). The van der Waals surface area contributed by atoms with Crippen LogP contribution in [0, 0.1) is 21.4 Å². The molecule has 104 valence electrons. The van der Waals surface area contributed by atoms with Gasteiger partial charge in [0.15, 0.2) is 5.16 Å². The Morgan fingerprint density at radius 2 is 2.29 bits per heavy atom. The van der Waals surface area contributed by atoms with Gasteiger partial charge in [-0.3, -0.25) is 14.9 Å². The van der Waals surface area contributed by atoms with Crippen molar-refractivity contribution in [2.24, 2.45) is 0 Å². The highest BCUT2D eigenvalue weighted by Crippen LogP contribution is 2.32. The molecule has 0 spiro atoms. The van der Waals surface area contributed by atoms with Gasteiger partial charge < -0.3 is 4.57 Å². The Kier molecular flexibility index (Phi) is 3.19. The summed E-state index contributed by atoms with van der Waals surface area (Å²) in [6.07, 6.45) is 0. The molecular weight excluding hydrogens is 292 g/mol. The van der Waals surface area contributed by atoms with Crippen LogP contribution in [0.15, 0.2) is 34.2 Å². The Morgan fingerprint density at radius 1 is 1.48 bits per heavy atom. The molecule has 0 saturated heterocycles. The molecule has 1 aromatic carbocycles. The molecule has 0 fully saturated rings. The van der Waals surface area contributed by atoms with Crippen LogP contribution in [0.1, 0.15) is 5.56 Å². The van der Waals surface area contributed by atoms with E-state index in [1.165, 1.54) is 30.0 Å². The second kappa shape index (κ2) is 5.03.